The van der Waals surface area contributed by atoms with Crippen LogP contribution < -0.4 is 11.5 Å². The zero-order valence-corrected chi connectivity index (χ0v) is 18.5. The first-order valence-corrected chi connectivity index (χ1v) is 11.1. The molecule has 0 aliphatic heterocycles. The van der Waals surface area contributed by atoms with E-state index in [1.807, 2.05) is 18.3 Å². The van der Waals surface area contributed by atoms with Gasteiger partial charge in [0.25, 0.3) is 0 Å². The molecule has 4 N–H and O–H groups in total. The summed E-state index contributed by atoms with van der Waals surface area (Å²) in [6, 6.07) is 7.20. The molecule has 3 heterocycles. The molecule has 32 heavy (non-hydrogen) atoms. The molecular formula is C24H24ClFN6. The van der Waals surface area contributed by atoms with E-state index < -0.39 is 0 Å². The van der Waals surface area contributed by atoms with Gasteiger partial charge in [-0.2, -0.15) is 0 Å². The Balaban J connectivity index is 1.40. The van der Waals surface area contributed by atoms with Gasteiger partial charge in [0.15, 0.2) is 0 Å². The fourth-order valence-electron chi connectivity index (χ4n) is 4.77. The van der Waals surface area contributed by atoms with Crippen LogP contribution >= 0.6 is 11.6 Å². The van der Waals surface area contributed by atoms with Crippen LogP contribution in [0.25, 0.3) is 21.9 Å². The van der Waals surface area contributed by atoms with Crippen molar-refractivity contribution in [1.29, 1.82) is 0 Å². The first kappa shape index (κ1) is 20.7. The Labute approximate surface area is 190 Å². The average molecular weight is 451 g/mol. The van der Waals surface area contributed by atoms with E-state index in [1.54, 1.807) is 6.07 Å². The van der Waals surface area contributed by atoms with Crippen molar-refractivity contribution in [3.8, 4) is 0 Å². The second-order valence-electron chi connectivity index (χ2n) is 8.37. The zero-order chi connectivity index (χ0) is 22.4. The van der Waals surface area contributed by atoms with Gasteiger partial charge in [-0.1, -0.05) is 30.2 Å². The predicted molar refractivity (Wildman–Crippen MR) is 127 cm³/mol. The lowest BCUT2D eigenvalue weighted by atomic mass is 9.93. The Bertz CT molecular complexity index is 1360. The zero-order valence-electron chi connectivity index (χ0n) is 17.7. The molecule has 1 aromatic carbocycles. The minimum atomic E-state index is -0.326. The van der Waals surface area contributed by atoms with E-state index in [9.17, 15) is 4.39 Å². The van der Waals surface area contributed by atoms with E-state index >= 15 is 0 Å². The van der Waals surface area contributed by atoms with E-state index in [0.717, 1.165) is 42.3 Å². The average Bonchev–Trinajstić information content (AvgIpc) is 3.38. The van der Waals surface area contributed by atoms with E-state index in [0.29, 0.717) is 22.6 Å². The highest BCUT2D eigenvalue weighted by Gasteiger charge is 2.27. The van der Waals surface area contributed by atoms with Crippen LogP contribution in [-0.2, 0) is 6.42 Å². The predicted octanol–water partition coefficient (Wildman–Crippen LogP) is 5.47. The smallest absolute Gasteiger partial charge is 0.146 e. The number of benzene rings is 1. The number of allylic oxidation sites excluding steroid dienone is 2. The van der Waals surface area contributed by atoms with Gasteiger partial charge >= 0.3 is 0 Å². The lowest BCUT2D eigenvalue weighted by Gasteiger charge is -2.15. The molecule has 0 amide bonds. The minimum Gasteiger partial charge on any atom is -0.383 e. The Hall–Kier alpha value is -3.19. The maximum Gasteiger partial charge on any atom is 0.146 e. The summed E-state index contributed by atoms with van der Waals surface area (Å²) in [5.74, 6) is 0.867. The van der Waals surface area contributed by atoms with Gasteiger partial charge in [-0.05, 0) is 61.4 Å². The van der Waals surface area contributed by atoms with Crippen LogP contribution in [0.1, 0.15) is 37.8 Å². The van der Waals surface area contributed by atoms with Gasteiger partial charge in [0, 0.05) is 11.6 Å². The largest absolute Gasteiger partial charge is 0.383 e. The summed E-state index contributed by atoms with van der Waals surface area (Å²) < 4.78 is 16.8. The second kappa shape index (κ2) is 8.06. The van der Waals surface area contributed by atoms with Crippen molar-refractivity contribution in [3.05, 3.63) is 64.8 Å². The maximum atomic E-state index is 14.7. The van der Waals surface area contributed by atoms with Gasteiger partial charge in [-0.25, -0.2) is 19.3 Å². The van der Waals surface area contributed by atoms with E-state index in [2.05, 4.69) is 32.5 Å². The summed E-state index contributed by atoms with van der Waals surface area (Å²) in [6.45, 7) is 2.21. The van der Waals surface area contributed by atoms with Gasteiger partial charge in [-0.3, -0.25) is 0 Å². The summed E-state index contributed by atoms with van der Waals surface area (Å²) in [4.78, 5) is 12.8. The molecule has 0 saturated heterocycles. The van der Waals surface area contributed by atoms with E-state index in [4.69, 9.17) is 23.1 Å². The van der Waals surface area contributed by atoms with Gasteiger partial charge in [0.05, 0.1) is 22.0 Å². The van der Waals surface area contributed by atoms with Gasteiger partial charge < -0.3 is 16.0 Å². The fourth-order valence-corrected chi connectivity index (χ4v) is 4.92. The van der Waals surface area contributed by atoms with Crippen LogP contribution in [0.4, 0.5) is 16.0 Å². The number of pyridine rings is 1. The Morgan fingerprint density at radius 2 is 1.97 bits per heavy atom. The lowest BCUT2D eigenvalue weighted by molar-refractivity contribution is 0.486. The molecule has 0 saturated carbocycles. The van der Waals surface area contributed by atoms with Crippen LogP contribution in [-0.4, -0.2) is 19.5 Å². The molecule has 8 heteroatoms. The SMILES string of the molecule is CCC1CC(n2ccc3c(N)ncnc32)C=C1CCc1cc(F)c2cc(Cl)c(N)nc2c1. The van der Waals surface area contributed by atoms with Crippen molar-refractivity contribution >= 4 is 45.2 Å². The molecule has 4 aromatic rings. The third-order valence-corrected chi connectivity index (χ3v) is 6.78. The molecule has 3 aromatic heterocycles. The number of hydrogen-bond acceptors (Lipinski definition) is 5. The van der Waals surface area contributed by atoms with Crippen LogP contribution in [0.15, 0.2) is 48.4 Å². The highest BCUT2D eigenvalue weighted by molar-refractivity contribution is 6.33. The summed E-state index contributed by atoms with van der Waals surface area (Å²) in [5.41, 5.74) is 15.5. The normalized spacial score (nSPS) is 18.5. The van der Waals surface area contributed by atoms with Gasteiger partial charge in [0.1, 0.15) is 29.4 Å². The number of nitrogen functional groups attached to an aromatic ring is 2. The Morgan fingerprint density at radius 3 is 2.78 bits per heavy atom. The van der Waals surface area contributed by atoms with Crippen molar-refractivity contribution in [2.24, 2.45) is 5.92 Å². The molecule has 1 aliphatic carbocycles. The number of anilines is 2. The molecule has 6 nitrogen and oxygen atoms in total. The topological polar surface area (TPSA) is 95.6 Å². The molecule has 2 atom stereocenters. The van der Waals surface area contributed by atoms with E-state index in [1.165, 1.54) is 18.0 Å². The van der Waals surface area contributed by atoms with Crippen molar-refractivity contribution < 1.29 is 4.39 Å². The van der Waals surface area contributed by atoms with Crippen molar-refractivity contribution in [1.82, 2.24) is 19.5 Å². The standard InChI is InChI=1S/C24H24ClFN6/c1-2-14-9-16(32-6-5-17-22(27)29-12-30-24(17)32)10-15(14)4-3-13-7-20(26)18-11-19(25)23(28)31-21(18)8-13/h5-8,10-12,14,16H,2-4,9H2,1H3,(H2,28,31)(H2,27,29,30). The number of aryl methyl sites for hydroxylation is 1. The second-order valence-corrected chi connectivity index (χ2v) is 8.78. The number of aromatic nitrogens is 4. The molecule has 0 radical (unpaired) electrons. The van der Waals surface area contributed by atoms with Gasteiger partial charge in [-0.15, -0.1) is 0 Å². The first-order chi connectivity index (χ1) is 15.4. The Kier molecular flexibility index (Phi) is 5.21. The van der Waals surface area contributed by atoms with Crippen molar-refractivity contribution in [3.63, 3.8) is 0 Å². The number of nitrogens with two attached hydrogens (primary N) is 2. The number of fused-ring (bicyclic) bond motifs is 2. The molecular weight excluding hydrogens is 427 g/mol. The maximum absolute atomic E-state index is 14.7. The third-order valence-electron chi connectivity index (χ3n) is 6.47. The third kappa shape index (κ3) is 3.56. The molecule has 0 fully saturated rings. The summed E-state index contributed by atoms with van der Waals surface area (Å²) in [6.07, 6.45) is 9.54. The Morgan fingerprint density at radius 1 is 1.12 bits per heavy atom. The molecule has 0 bridgehead atoms. The van der Waals surface area contributed by atoms with E-state index in [-0.39, 0.29) is 22.7 Å². The number of nitrogens with zero attached hydrogens (tertiary/aromatic N) is 4. The van der Waals surface area contributed by atoms with Gasteiger partial charge in [0.2, 0.25) is 0 Å². The highest BCUT2D eigenvalue weighted by atomic mass is 35.5. The molecule has 1 aliphatic rings. The van der Waals surface area contributed by atoms with Crippen molar-refractivity contribution in [2.45, 2.75) is 38.6 Å². The summed E-state index contributed by atoms with van der Waals surface area (Å²) >= 11 is 6.00. The molecule has 2 unspecified atom stereocenters. The number of halogens is 2. The minimum absolute atomic E-state index is 0.214. The fraction of sp³-hybridized carbons (Fsp3) is 0.292. The van der Waals surface area contributed by atoms with Crippen molar-refractivity contribution in [2.75, 3.05) is 11.5 Å². The summed E-state index contributed by atoms with van der Waals surface area (Å²) in [7, 11) is 0. The molecule has 5 rings (SSSR count). The molecule has 164 valence electrons. The van der Waals surface area contributed by atoms with Crippen LogP contribution in [0.3, 0.4) is 0 Å². The van der Waals surface area contributed by atoms with Crippen LogP contribution in [0.5, 0.6) is 0 Å². The van der Waals surface area contributed by atoms with Crippen LogP contribution in [0, 0.1) is 11.7 Å². The quantitative estimate of drug-likeness (QED) is 0.393. The van der Waals surface area contributed by atoms with Crippen LogP contribution in [0.2, 0.25) is 5.02 Å². The number of rotatable bonds is 5. The first-order valence-electron chi connectivity index (χ1n) is 10.8. The lowest BCUT2D eigenvalue weighted by Crippen LogP contribution is -2.06. The number of hydrogen-bond donors (Lipinski definition) is 2. The monoisotopic (exact) mass is 450 g/mol. The molecule has 0 spiro atoms. The summed E-state index contributed by atoms with van der Waals surface area (Å²) in [5, 5.41) is 1.53. The highest BCUT2D eigenvalue weighted by Crippen LogP contribution is 2.39.